The molecule has 0 bridgehead atoms. The molecule has 5 heteroatoms. The molecule has 4 aliphatic carbocycles. The van der Waals surface area contributed by atoms with Gasteiger partial charge in [0.15, 0.2) is 5.78 Å². The zero-order chi connectivity index (χ0) is 25.8. The van der Waals surface area contributed by atoms with Crippen LogP contribution in [0.5, 0.6) is 0 Å². The van der Waals surface area contributed by atoms with Gasteiger partial charge in [0.05, 0.1) is 12.7 Å². The number of carbonyl (C=O) groups excluding carboxylic acids is 2. The van der Waals surface area contributed by atoms with Crippen LogP contribution in [0.2, 0.25) is 0 Å². The van der Waals surface area contributed by atoms with Crippen LogP contribution >= 0.6 is 0 Å². The quantitative estimate of drug-likeness (QED) is 0.390. The van der Waals surface area contributed by atoms with Crippen LogP contribution in [0.15, 0.2) is 12.2 Å². The summed E-state index contributed by atoms with van der Waals surface area (Å²) in [6.45, 7) is 13.2. The molecule has 2 N–H and O–H groups in total. The van der Waals surface area contributed by atoms with Gasteiger partial charge in [-0.05, 0) is 85.4 Å². The molecule has 0 aliphatic heterocycles. The second-order valence-corrected chi connectivity index (χ2v) is 13.3. The number of ether oxygens (including phenoxy) is 1. The maximum absolute atomic E-state index is 13.4. The number of hydrogen-bond acceptors (Lipinski definition) is 5. The number of ketones is 1. The highest BCUT2D eigenvalue weighted by Gasteiger charge is 2.67. The van der Waals surface area contributed by atoms with Crippen molar-refractivity contribution in [3.05, 3.63) is 12.2 Å². The lowest BCUT2D eigenvalue weighted by molar-refractivity contribution is -0.213. The van der Waals surface area contributed by atoms with Crippen molar-refractivity contribution < 1.29 is 24.5 Å². The summed E-state index contributed by atoms with van der Waals surface area (Å²) in [5.41, 5.74) is -1.55. The molecule has 5 nitrogen and oxygen atoms in total. The smallest absolute Gasteiger partial charge is 0.302 e. The van der Waals surface area contributed by atoms with Gasteiger partial charge in [0.25, 0.3) is 0 Å². The molecular formula is C30H48O5. The van der Waals surface area contributed by atoms with E-state index in [1.807, 2.05) is 0 Å². The van der Waals surface area contributed by atoms with E-state index in [2.05, 4.69) is 46.8 Å². The highest BCUT2D eigenvalue weighted by Crippen LogP contribution is 2.68. The molecule has 0 aromatic heterocycles. The van der Waals surface area contributed by atoms with E-state index in [1.165, 1.54) is 19.8 Å². The van der Waals surface area contributed by atoms with Crippen molar-refractivity contribution in [1.29, 1.82) is 0 Å². The summed E-state index contributed by atoms with van der Waals surface area (Å²) in [6.07, 6.45) is 10.8. The second-order valence-electron chi connectivity index (χ2n) is 13.3. The minimum absolute atomic E-state index is 0.0174. The molecule has 11 atom stereocenters. The molecule has 0 radical (unpaired) electrons. The summed E-state index contributed by atoms with van der Waals surface area (Å²) < 4.78 is 5.20. The molecule has 0 heterocycles. The predicted molar refractivity (Wildman–Crippen MR) is 136 cm³/mol. The normalized spacial score (nSPS) is 45.8. The molecule has 0 aromatic carbocycles. The van der Waals surface area contributed by atoms with Crippen molar-refractivity contribution in [1.82, 2.24) is 0 Å². The molecule has 0 aromatic rings. The van der Waals surface area contributed by atoms with Gasteiger partial charge in [-0.25, -0.2) is 0 Å². The average Bonchev–Trinajstić information content (AvgIpc) is 3.15. The molecule has 0 unspecified atom stereocenters. The number of rotatable bonds is 6. The molecule has 0 spiro atoms. The van der Waals surface area contributed by atoms with E-state index in [0.29, 0.717) is 55.0 Å². The number of carbonyl (C=O) groups is 2. The van der Waals surface area contributed by atoms with Crippen LogP contribution in [0, 0.1) is 52.3 Å². The van der Waals surface area contributed by atoms with Crippen LogP contribution in [-0.4, -0.2) is 40.3 Å². The first-order valence-electron chi connectivity index (χ1n) is 14.1. The fraction of sp³-hybridized carbons (Fsp3) is 0.867. The van der Waals surface area contributed by atoms with Crippen molar-refractivity contribution >= 4 is 11.8 Å². The molecule has 35 heavy (non-hydrogen) atoms. The minimum atomic E-state index is -1.35. The monoisotopic (exact) mass is 488 g/mol. The summed E-state index contributed by atoms with van der Waals surface area (Å²) >= 11 is 0. The van der Waals surface area contributed by atoms with Crippen molar-refractivity contribution in [2.45, 2.75) is 105 Å². The number of esters is 1. The Kier molecular flexibility index (Phi) is 7.36. The van der Waals surface area contributed by atoms with E-state index in [-0.39, 0.29) is 29.5 Å². The van der Waals surface area contributed by atoms with Crippen LogP contribution in [0.25, 0.3) is 0 Å². The molecule has 4 fully saturated rings. The van der Waals surface area contributed by atoms with Gasteiger partial charge in [0.1, 0.15) is 5.60 Å². The van der Waals surface area contributed by atoms with Gasteiger partial charge in [-0.1, -0.05) is 46.8 Å². The Morgan fingerprint density at radius 3 is 2.49 bits per heavy atom. The van der Waals surface area contributed by atoms with Crippen LogP contribution < -0.4 is 0 Å². The minimum Gasteiger partial charge on any atom is -0.466 e. The summed E-state index contributed by atoms with van der Waals surface area (Å²) in [5, 5.41) is 21.8. The van der Waals surface area contributed by atoms with Crippen molar-refractivity contribution in [2.75, 3.05) is 6.61 Å². The Bertz CT molecular complexity index is 852. The standard InChI is InChI=1S/C30H48O5/c1-18(20(3)17-35-21(4)31)7-8-19(2)24-9-10-25-23-15-27(33)30(34)16-22(32)11-14-29(30,6)26(23)12-13-28(24,25)5/h7-8,18-20,22-26,32,34H,9-17H2,1-6H3/b8-7+/t18-,19-,20+,22+,23+,24-,25+,26+,28-,29-,30+/m1/s1. The SMILES string of the molecule is CC(=O)OC[C@H](C)[C@H](C)/C=C/[C@@H](C)[C@H]1CC[C@H]2[C@@H]3CC(=O)[C@@]4(O)C[C@@H](O)CC[C@]4(C)[C@H]3CC[C@]12C. The first kappa shape index (κ1) is 26.9. The van der Waals surface area contributed by atoms with Gasteiger partial charge in [0.2, 0.25) is 0 Å². The van der Waals surface area contributed by atoms with Crippen LogP contribution in [0.4, 0.5) is 0 Å². The van der Waals surface area contributed by atoms with E-state index in [0.717, 1.165) is 19.3 Å². The predicted octanol–water partition coefficient (Wildman–Crippen LogP) is 5.33. The number of allylic oxidation sites excluding steroid dienone is 2. The number of aliphatic hydroxyl groups excluding tert-OH is 1. The van der Waals surface area contributed by atoms with Crippen LogP contribution in [-0.2, 0) is 14.3 Å². The van der Waals surface area contributed by atoms with Gasteiger partial charge in [0, 0.05) is 25.2 Å². The Morgan fingerprint density at radius 2 is 1.80 bits per heavy atom. The van der Waals surface area contributed by atoms with Crippen molar-refractivity contribution in [2.24, 2.45) is 52.3 Å². The van der Waals surface area contributed by atoms with Gasteiger partial charge in [-0.2, -0.15) is 0 Å². The Hall–Kier alpha value is -1.20. The average molecular weight is 489 g/mol. The third kappa shape index (κ3) is 4.43. The van der Waals surface area contributed by atoms with Crippen LogP contribution in [0.1, 0.15) is 92.9 Å². The van der Waals surface area contributed by atoms with Gasteiger partial charge < -0.3 is 14.9 Å². The first-order valence-corrected chi connectivity index (χ1v) is 14.1. The van der Waals surface area contributed by atoms with Gasteiger partial charge >= 0.3 is 5.97 Å². The maximum Gasteiger partial charge on any atom is 0.302 e. The van der Waals surface area contributed by atoms with E-state index in [9.17, 15) is 19.8 Å². The fourth-order valence-corrected chi connectivity index (χ4v) is 9.00. The molecule has 4 rings (SSSR count). The topological polar surface area (TPSA) is 83.8 Å². The van der Waals surface area contributed by atoms with Gasteiger partial charge in [-0.3, -0.25) is 9.59 Å². The van der Waals surface area contributed by atoms with E-state index >= 15 is 0 Å². The van der Waals surface area contributed by atoms with Crippen LogP contribution in [0.3, 0.4) is 0 Å². The fourth-order valence-electron chi connectivity index (χ4n) is 9.00. The zero-order valence-electron chi connectivity index (χ0n) is 22.8. The molecule has 4 aliphatic rings. The Labute approximate surface area is 212 Å². The number of aliphatic hydroxyl groups is 2. The third-order valence-electron chi connectivity index (χ3n) is 11.5. The first-order chi connectivity index (χ1) is 16.3. The van der Waals surface area contributed by atoms with Crippen molar-refractivity contribution in [3.8, 4) is 0 Å². The van der Waals surface area contributed by atoms with Crippen molar-refractivity contribution in [3.63, 3.8) is 0 Å². The largest absolute Gasteiger partial charge is 0.466 e. The molecular weight excluding hydrogens is 440 g/mol. The maximum atomic E-state index is 13.4. The molecule has 198 valence electrons. The second kappa shape index (κ2) is 9.59. The zero-order valence-corrected chi connectivity index (χ0v) is 22.8. The lowest BCUT2D eigenvalue weighted by atomic mass is 9.42. The third-order valence-corrected chi connectivity index (χ3v) is 11.5. The number of Topliss-reactive ketones (excluding diaryl/α,β-unsaturated/α-hetero) is 1. The highest BCUT2D eigenvalue weighted by atomic mass is 16.5. The Balaban J connectivity index is 1.48. The molecule has 0 amide bonds. The number of hydrogen-bond donors (Lipinski definition) is 2. The highest BCUT2D eigenvalue weighted by molar-refractivity contribution is 5.89. The summed E-state index contributed by atoms with van der Waals surface area (Å²) in [5.74, 6) is 2.68. The van der Waals surface area contributed by atoms with E-state index in [4.69, 9.17) is 4.74 Å². The summed E-state index contributed by atoms with van der Waals surface area (Å²) in [4.78, 5) is 24.5. The summed E-state index contributed by atoms with van der Waals surface area (Å²) in [6, 6.07) is 0. The van der Waals surface area contributed by atoms with E-state index < -0.39 is 17.1 Å². The van der Waals surface area contributed by atoms with E-state index in [1.54, 1.807) is 0 Å². The number of fused-ring (bicyclic) bond motifs is 5. The Morgan fingerprint density at radius 1 is 1.09 bits per heavy atom. The lowest BCUT2D eigenvalue weighted by Crippen LogP contribution is -2.67. The molecule has 0 saturated heterocycles. The molecule has 4 saturated carbocycles. The lowest BCUT2D eigenvalue weighted by Gasteiger charge is -2.63. The van der Waals surface area contributed by atoms with Gasteiger partial charge in [-0.15, -0.1) is 0 Å². The summed E-state index contributed by atoms with van der Waals surface area (Å²) in [7, 11) is 0.